The van der Waals surface area contributed by atoms with Crippen molar-refractivity contribution in [3.63, 3.8) is 0 Å². The maximum atomic E-state index is 14.1. The lowest BCUT2D eigenvalue weighted by atomic mass is 9.65. The summed E-state index contributed by atoms with van der Waals surface area (Å²) in [6.45, 7) is 11.4. The van der Waals surface area contributed by atoms with Crippen molar-refractivity contribution in [1.29, 1.82) is 0 Å². The molecule has 3 saturated heterocycles. The minimum atomic E-state index is -1.01. The first kappa shape index (κ1) is 26.7. The van der Waals surface area contributed by atoms with Gasteiger partial charge in [-0.25, -0.2) is 0 Å². The highest BCUT2D eigenvalue weighted by Gasteiger charge is 2.79. The summed E-state index contributed by atoms with van der Waals surface area (Å²) in [5.41, 5.74) is -1.77. The average molecular weight is 479 g/mol. The molecular weight excluding hydrogens is 436 g/mol. The van der Waals surface area contributed by atoms with Gasteiger partial charge in [0.15, 0.2) is 0 Å². The molecule has 0 aromatic carbocycles. The molecule has 8 nitrogen and oxygen atoms in total. The van der Waals surface area contributed by atoms with E-state index in [1.54, 1.807) is 22.8 Å². The number of esters is 1. The van der Waals surface area contributed by atoms with E-state index >= 15 is 0 Å². The standard InChI is InChI=1S/C26H42N2O6/c1-5-9-16-27(15-6-2)23(31)21-26-14-13-25(7-3,34-26)20(24(32)33-8-4)19(26)22(30)28(21)17-11-10-12-18-29/h6,19-21,29H,2,5,7-18H2,1,3-4H3/t19-,20-,21?,25+,26?/m0/s1. The van der Waals surface area contributed by atoms with Gasteiger partial charge >= 0.3 is 5.97 Å². The number of amides is 2. The summed E-state index contributed by atoms with van der Waals surface area (Å²) in [6.07, 6.45) is 7.40. The van der Waals surface area contributed by atoms with E-state index in [1.165, 1.54) is 0 Å². The summed E-state index contributed by atoms with van der Waals surface area (Å²) >= 11 is 0. The molecule has 0 aromatic rings. The van der Waals surface area contributed by atoms with Gasteiger partial charge in [0.25, 0.3) is 0 Å². The van der Waals surface area contributed by atoms with Crippen molar-refractivity contribution in [2.75, 3.05) is 32.8 Å². The molecule has 3 rings (SSSR count). The number of carbonyl (C=O) groups excluding carboxylic acids is 3. The van der Waals surface area contributed by atoms with Gasteiger partial charge in [0.05, 0.1) is 18.1 Å². The Hall–Kier alpha value is -1.93. The summed E-state index contributed by atoms with van der Waals surface area (Å²) in [5, 5.41) is 9.16. The predicted octanol–water partition coefficient (Wildman–Crippen LogP) is 2.68. The first-order valence-corrected chi connectivity index (χ1v) is 13.0. The van der Waals surface area contributed by atoms with Crippen molar-refractivity contribution in [2.45, 2.75) is 89.4 Å². The van der Waals surface area contributed by atoms with E-state index < -0.39 is 35.0 Å². The lowest BCUT2D eigenvalue weighted by Crippen LogP contribution is -2.56. The van der Waals surface area contributed by atoms with Gasteiger partial charge in [-0.3, -0.25) is 14.4 Å². The second-order valence-corrected chi connectivity index (χ2v) is 9.83. The molecule has 2 unspecified atom stereocenters. The Labute approximate surface area is 203 Å². The highest BCUT2D eigenvalue weighted by Crippen LogP contribution is 2.64. The van der Waals surface area contributed by atoms with Crippen molar-refractivity contribution in [1.82, 2.24) is 9.80 Å². The number of ether oxygens (including phenoxy) is 2. The number of hydrogen-bond donors (Lipinski definition) is 1. The van der Waals surface area contributed by atoms with Crippen molar-refractivity contribution in [3.05, 3.63) is 12.7 Å². The molecular formula is C26H42N2O6. The summed E-state index contributed by atoms with van der Waals surface area (Å²) in [6, 6.07) is -0.760. The number of aliphatic hydroxyl groups excluding tert-OH is 1. The second kappa shape index (κ2) is 11.2. The first-order chi connectivity index (χ1) is 16.4. The summed E-state index contributed by atoms with van der Waals surface area (Å²) in [7, 11) is 0. The lowest BCUT2D eigenvalue weighted by Gasteiger charge is -2.37. The molecule has 0 aromatic heterocycles. The third-order valence-electron chi connectivity index (χ3n) is 7.96. The van der Waals surface area contributed by atoms with Crippen LogP contribution in [0.4, 0.5) is 0 Å². The number of aliphatic hydroxyl groups is 1. The van der Waals surface area contributed by atoms with Gasteiger partial charge < -0.3 is 24.4 Å². The van der Waals surface area contributed by atoms with Crippen LogP contribution in [0, 0.1) is 11.8 Å². The monoisotopic (exact) mass is 478 g/mol. The van der Waals surface area contributed by atoms with Gasteiger partial charge in [0.2, 0.25) is 11.8 Å². The molecule has 2 amide bonds. The van der Waals surface area contributed by atoms with Crippen LogP contribution in [0.2, 0.25) is 0 Å². The van der Waals surface area contributed by atoms with E-state index in [2.05, 4.69) is 13.5 Å². The third-order valence-corrected chi connectivity index (χ3v) is 7.96. The largest absolute Gasteiger partial charge is 0.466 e. The smallest absolute Gasteiger partial charge is 0.312 e. The molecule has 3 heterocycles. The van der Waals surface area contributed by atoms with Crippen LogP contribution in [0.25, 0.3) is 0 Å². The fourth-order valence-corrected chi connectivity index (χ4v) is 6.37. The molecule has 1 N–H and O–H groups in total. The minimum absolute atomic E-state index is 0.0973. The Morgan fingerprint density at radius 1 is 1.24 bits per heavy atom. The van der Waals surface area contributed by atoms with Crippen LogP contribution in [0.15, 0.2) is 12.7 Å². The SMILES string of the molecule is C=CCN(CCCC)C(=O)C1N(CCCCCO)C(=O)[C@@H]2[C@@H](C(=O)OCC)[C@@]3(CC)CCC12O3. The molecule has 0 radical (unpaired) electrons. The molecule has 1 spiro atoms. The van der Waals surface area contributed by atoms with Crippen LogP contribution in [0.5, 0.6) is 0 Å². The Balaban J connectivity index is 2.01. The summed E-state index contributed by atoms with van der Waals surface area (Å²) in [4.78, 5) is 44.6. The minimum Gasteiger partial charge on any atom is -0.466 e. The van der Waals surface area contributed by atoms with E-state index in [9.17, 15) is 14.4 Å². The van der Waals surface area contributed by atoms with Crippen molar-refractivity contribution in [2.24, 2.45) is 11.8 Å². The Kier molecular flexibility index (Phi) is 8.79. The van der Waals surface area contributed by atoms with Crippen molar-refractivity contribution < 1.29 is 29.0 Å². The summed E-state index contributed by atoms with van der Waals surface area (Å²) < 4.78 is 12.1. The van der Waals surface area contributed by atoms with Crippen LogP contribution in [-0.4, -0.2) is 82.8 Å². The normalized spacial score (nSPS) is 31.6. The van der Waals surface area contributed by atoms with Gasteiger partial charge in [-0.2, -0.15) is 0 Å². The molecule has 34 heavy (non-hydrogen) atoms. The van der Waals surface area contributed by atoms with E-state index in [0.29, 0.717) is 51.7 Å². The van der Waals surface area contributed by atoms with E-state index in [4.69, 9.17) is 14.6 Å². The Morgan fingerprint density at radius 2 is 2.00 bits per heavy atom. The quantitative estimate of drug-likeness (QED) is 0.234. The molecule has 192 valence electrons. The highest BCUT2D eigenvalue weighted by atomic mass is 16.6. The molecule has 0 saturated carbocycles. The highest BCUT2D eigenvalue weighted by molar-refractivity contribution is 5.98. The molecule has 5 atom stereocenters. The number of rotatable bonds is 14. The average Bonchev–Trinajstić information content (AvgIpc) is 3.43. The number of unbranched alkanes of at least 4 members (excludes halogenated alkanes) is 3. The van der Waals surface area contributed by atoms with Crippen LogP contribution in [-0.2, 0) is 23.9 Å². The fourth-order valence-electron chi connectivity index (χ4n) is 6.37. The number of hydrogen-bond acceptors (Lipinski definition) is 6. The van der Waals surface area contributed by atoms with Crippen molar-refractivity contribution in [3.8, 4) is 0 Å². The van der Waals surface area contributed by atoms with Gasteiger partial charge in [0.1, 0.15) is 17.6 Å². The van der Waals surface area contributed by atoms with Crippen LogP contribution in [0.3, 0.4) is 0 Å². The first-order valence-electron chi connectivity index (χ1n) is 13.0. The third kappa shape index (κ3) is 4.39. The van der Waals surface area contributed by atoms with E-state index in [-0.39, 0.29) is 25.0 Å². The topological polar surface area (TPSA) is 96.4 Å². The van der Waals surface area contributed by atoms with Gasteiger partial charge in [-0.1, -0.05) is 26.3 Å². The summed E-state index contributed by atoms with van der Waals surface area (Å²) in [5.74, 6) is -2.09. The van der Waals surface area contributed by atoms with Crippen LogP contribution in [0.1, 0.15) is 72.1 Å². The number of carbonyl (C=O) groups is 3. The zero-order valence-electron chi connectivity index (χ0n) is 21.1. The maximum absolute atomic E-state index is 14.1. The second-order valence-electron chi connectivity index (χ2n) is 9.83. The van der Waals surface area contributed by atoms with Crippen molar-refractivity contribution >= 4 is 17.8 Å². The number of fused-ring (bicyclic) bond motifs is 1. The van der Waals surface area contributed by atoms with Gasteiger partial charge in [0, 0.05) is 26.2 Å². The van der Waals surface area contributed by atoms with E-state index in [1.807, 2.05) is 6.92 Å². The van der Waals surface area contributed by atoms with Crippen LogP contribution < -0.4 is 0 Å². The lowest BCUT2D eigenvalue weighted by molar-refractivity contribution is -0.161. The van der Waals surface area contributed by atoms with E-state index in [0.717, 1.165) is 19.3 Å². The Bertz CT molecular complexity index is 772. The van der Waals surface area contributed by atoms with Gasteiger partial charge in [-0.05, 0) is 51.9 Å². The molecule has 3 aliphatic rings. The molecule has 3 fully saturated rings. The predicted molar refractivity (Wildman–Crippen MR) is 128 cm³/mol. The zero-order chi connectivity index (χ0) is 24.9. The molecule has 0 aliphatic carbocycles. The van der Waals surface area contributed by atoms with Gasteiger partial charge in [-0.15, -0.1) is 6.58 Å². The Morgan fingerprint density at radius 3 is 2.62 bits per heavy atom. The molecule has 3 aliphatic heterocycles. The molecule has 8 heteroatoms. The zero-order valence-corrected chi connectivity index (χ0v) is 21.1. The maximum Gasteiger partial charge on any atom is 0.312 e. The van der Waals surface area contributed by atoms with Crippen LogP contribution >= 0.6 is 0 Å². The fraction of sp³-hybridized carbons (Fsp3) is 0.808. The molecule has 2 bridgehead atoms. The number of likely N-dealkylation sites (tertiary alicyclic amines) is 1. The number of nitrogens with zero attached hydrogens (tertiary/aromatic N) is 2.